The highest BCUT2D eigenvalue weighted by Gasteiger charge is 2.18. The van der Waals surface area contributed by atoms with Gasteiger partial charge in [0.15, 0.2) is 11.5 Å². The van der Waals surface area contributed by atoms with Crippen molar-refractivity contribution in [3.63, 3.8) is 0 Å². The summed E-state index contributed by atoms with van der Waals surface area (Å²) in [7, 11) is 1.60. The Balaban J connectivity index is 1.76. The Kier molecular flexibility index (Phi) is 4.62. The standard InChI is InChI=1S/C19H18O4/c1-21-18-12-15(11-16-9-10-22-19(16)20)7-8-17(18)23-13-14-5-3-2-4-6-14/h2-8,11-12H,9-10,13H2,1H3/b16-11-. The van der Waals surface area contributed by atoms with Crippen LogP contribution in [0.4, 0.5) is 0 Å². The van der Waals surface area contributed by atoms with Gasteiger partial charge in [-0.1, -0.05) is 36.4 Å². The van der Waals surface area contributed by atoms with E-state index in [1.807, 2.05) is 54.6 Å². The third kappa shape index (κ3) is 3.72. The number of benzene rings is 2. The van der Waals surface area contributed by atoms with Crippen molar-refractivity contribution < 1.29 is 19.0 Å². The predicted molar refractivity (Wildman–Crippen MR) is 87.3 cm³/mol. The molecule has 0 amide bonds. The molecule has 0 saturated carbocycles. The topological polar surface area (TPSA) is 44.8 Å². The Hall–Kier alpha value is -2.75. The number of carbonyl (C=O) groups is 1. The van der Waals surface area contributed by atoms with Gasteiger partial charge in [0.25, 0.3) is 0 Å². The first-order valence-electron chi connectivity index (χ1n) is 7.49. The molecular formula is C19H18O4. The van der Waals surface area contributed by atoms with Gasteiger partial charge in [-0.2, -0.15) is 0 Å². The highest BCUT2D eigenvalue weighted by Crippen LogP contribution is 2.30. The van der Waals surface area contributed by atoms with E-state index in [0.29, 0.717) is 36.7 Å². The van der Waals surface area contributed by atoms with Crippen molar-refractivity contribution in [3.05, 3.63) is 65.2 Å². The molecule has 0 N–H and O–H groups in total. The van der Waals surface area contributed by atoms with Gasteiger partial charge in [-0.15, -0.1) is 0 Å². The summed E-state index contributed by atoms with van der Waals surface area (Å²) >= 11 is 0. The molecule has 118 valence electrons. The van der Waals surface area contributed by atoms with Crippen LogP contribution in [-0.2, 0) is 16.1 Å². The maximum atomic E-state index is 11.5. The molecule has 3 rings (SSSR count). The molecule has 0 unspecified atom stereocenters. The van der Waals surface area contributed by atoms with E-state index < -0.39 is 0 Å². The molecule has 0 bridgehead atoms. The van der Waals surface area contributed by atoms with Crippen molar-refractivity contribution in [2.24, 2.45) is 0 Å². The summed E-state index contributed by atoms with van der Waals surface area (Å²) in [6.07, 6.45) is 2.48. The molecule has 4 nitrogen and oxygen atoms in total. The van der Waals surface area contributed by atoms with Gasteiger partial charge in [-0.25, -0.2) is 4.79 Å². The van der Waals surface area contributed by atoms with Crippen molar-refractivity contribution in [2.45, 2.75) is 13.0 Å². The lowest BCUT2D eigenvalue weighted by Gasteiger charge is -2.11. The quantitative estimate of drug-likeness (QED) is 0.625. The van der Waals surface area contributed by atoms with Crippen LogP contribution in [0.2, 0.25) is 0 Å². The largest absolute Gasteiger partial charge is 0.493 e. The second-order valence-electron chi connectivity index (χ2n) is 5.24. The number of esters is 1. The normalized spacial score (nSPS) is 15.5. The summed E-state index contributed by atoms with van der Waals surface area (Å²) < 4.78 is 16.2. The van der Waals surface area contributed by atoms with Gasteiger partial charge in [-0.3, -0.25) is 0 Å². The minimum atomic E-state index is -0.242. The van der Waals surface area contributed by atoms with Crippen molar-refractivity contribution in [1.29, 1.82) is 0 Å². The number of hydrogen-bond donors (Lipinski definition) is 0. The highest BCUT2D eigenvalue weighted by atomic mass is 16.5. The molecule has 2 aromatic carbocycles. The number of cyclic esters (lactones) is 1. The summed E-state index contributed by atoms with van der Waals surface area (Å²) in [4.78, 5) is 11.5. The maximum Gasteiger partial charge on any atom is 0.334 e. The van der Waals surface area contributed by atoms with Crippen molar-refractivity contribution >= 4 is 12.0 Å². The van der Waals surface area contributed by atoms with Crippen LogP contribution >= 0.6 is 0 Å². The zero-order chi connectivity index (χ0) is 16.1. The zero-order valence-electron chi connectivity index (χ0n) is 13.0. The predicted octanol–water partition coefficient (Wildman–Crippen LogP) is 3.60. The second kappa shape index (κ2) is 7.01. The number of rotatable bonds is 5. The molecule has 1 aliphatic rings. The van der Waals surface area contributed by atoms with E-state index in [1.165, 1.54) is 0 Å². The van der Waals surface area contributed by atoms with Crippen molar-refractivity contribution in [1.82, 2.24) is 0 Å². The molecule has 0 spiro atoms. The van der Waals surface area contributed by atoms with Crippen LogP contribution in [0.15, 0.2) is 54.1 Å². The molecule has 1 heterocycles. The smallest absolute Gasteiger partial charge is 0.334 e. The van der Waals surface area contributed by atoms with Crippen molar-refractivity contribution in [2.75, 3.05) is 13.7 Å². The van der Waals surface area contributed by atoms with Crippen molar-refractivity contribution in [3.8, 4) is 11.5 Å². The second-order valence-corrected chi connectivity index (χ2v) is 5.24. The monoisotopic (exact) mass is 310 g/mol. The van der Waals surface area contributed by atoms with Gasteiger partial charge in [-0.05, 0) is 29.3 Å². The number of methoxy groups -OCH3 is 1. The van der Waals surface area contributed by atoms with Gasteiger partial charge >= 0.3 is 5.97 Å². The van der Waals surface area contributed by atoms with Gasteiger partial charge in [0, 0.05) is 12.0 Å². The van der Waals surface area contributed by atoms with Gasteiger partial charge in [0.05, 0.1) is 13.7 Å². The first-order valence-corrected chi connectivity index (χ1v) is 7.49. The van der Waals surface area contributed by atoms with Crippen LogP contribution in [0.1, 0.15) is 17.5 Å². The first kappa shape index (κ1) is 15.2. The van der Waals surface area contributed by atoms with E-state index in [9.17, 15) is 4.79 Å². The summed E-state index contributed by atoms with van der Waals surface area (Å²) in [5.41, 5.74) is 2.67. The molecule has 0 radical (unpaired) electrons. The Bertz CT molecular complexity index is 719. The van der Waals surface area contributed by atoms with Crippen LogP contribution in [0.25, 0.3) is 6.08 Å². The molecule has 0 atom stereocenters. The lowest BCUT2D eigenvalue weighted by molar-refractivity contribution is -0.134. The average Bonchev–Trinajstić information content (AvgIpc) is 2.99. The van der Waals surface area contributed by atoms with Gasteiger partial charge in [0.1, 0.15) is 6.61 Å². The summed E-state index contributed by atoms with van der Waals surface area (Å²) in [5.74, 6) is 1.07. The molecule has 2 aromatic rings. The summed E-state index contributed by atoms with van der Waals surface area (Å²) in [5, 5.41) is 0. The maximum absolute atomic E-state index is 11.5. The Morgan fingerprint density at radius 3 is 2.65 bits per heavy atom. The highest BCUT2D eigenvalue weighted by molar-refractivity contribution is 5.95. The fourth-order valence-corrected chi connectivity index (χ4v) is 2.41. The summed E-state index contributed by atoms with van der Waals surface area (Å²) in [6.45, 7) is 0.935. The van der Waals surface area contributed by atoms with E-state index in [1.54, 1.807) is 7.11 Å². The molecule has 1 aliphatic heterocycles. The van der Waals surface area contributed by atoms with Crippen LogP contribution in [-0.4, -0.2) is 19.7 Å². The molecule has 4 heteroatoms. The van der Waals surface area contributed by atoms with Gasteiger partial charge in [0.2, 0.25) is 0 Å². The molecule has 23 heavy (non-hydrogen) atoms. The first-order chi connectivity index (χ1) is 11.3. The number of ether oxygens (including phenoxy) is 3. The molecule has 1 saturated heterocycles. The van der Waals surface area contributed by atoms with Crippen LogP contribution < -0.4 is 9.47 Å². The van der Waals surface area contributed by atoms with Crippen LogP contribution in [0.3, 0.4) is 0 Å². The van der Waals surface area contributed by atoms with E-state index in [4.69, 9.17) is 14.2 Å². The number of hydrogen-bond acceptors (Lipinski definition) is 4. The number of carbonyl (C=O) groups excluding carboxylic acids is 1. The van der Waals surface area contributed by atoms with E-state index in [0.717, 1.165) is 11.1 Å². The fourth-order valence-electron chi connectivity index (χ4n) is 2.41. The molecular weight excluding hydrogens is 292 g/mol. The van der Waals surface area contributed by atoms with Crippen LogP contribution in [0, 0.1) is 0 Å². The minimum absolute atomic E-state index is 0.242. The lowest BCUT2D eigenvalue weighted by Crippen LogP contribution is -1.98. The van der Waals surface area contributed by atoms with E-state index in [2.05, 4.69) is 0 Å². The molecule has 0 aliphatic carbocycles. The lowest BCUT2D eigenvalue weighted by atomic mass is 10.1. The minimum Gasteiger partial charge on any atom is -0.493 e. The average molecular weight is 310 g/mol. The third-order valence-electron chi connectivity index (χ3n) is 3.63. The summed E-state index contributed by atoms with van der Waals surface area (Å²) in [6, 6.07) is 15.6. The molecule has 0 aromatic heterocycles. The SMILES string of the molecule is COc1cc(/C=C2/CCOC2=O)ccc1OCc1ccccc1. The fraction of sp³-hybridized carbons (Fsp3) is 0.211. The Labute approximate surface area is 135 Å². The Morgan fingerprint density at radius 2 is 1.96 bits per heavy atom. The Morgan fingerprint density at radius 1 is 1.13 bits per heavy atom. The van der Waals surface area contributed by atoms with Crippen LogP contribution in [0.5, 0.6) is 11.5 Å². The third-order valence-corrected chi connectivity index (χ3v) is 3.63. The van der Waals surface area contributed by atoms with E-state index >= 15 is 0 Å². The van der Waals surface area contributed by atoms with E-state index in [-0.39, 0.29) is 5.97 Å². The zero-order valence-corrected chi connectivity index (χ0v) is 13.0. The van der Waals surface area contributed by atoms with Gasteiger partial charge < -0.3 is 14.2 Å². The molecule has 1 fully saturated rings.